The molecule has 3 heterocycles. The number of carbonyl (C=O) groups excluding carboxylic acids is 1. The summed E-state index contributed by atoms with van der Waals surface area (Å²) in [6, 6.07) is 5.37. The summed E-state index contributed by atoms with van der Waals surface area (Å²) in [6.45, 7) is 6.25. The number of aromatic nitrogens is 4. The number of rotatable bonds is 6. The summed E-state index contributed by atoms with van der Waals surface area (Å²) < 4.78 is 1.36. The number of nitrogens with zero attached hydrogens (tertiary/aromatic N) is 4. The van der Waals surface area contributed by atoms with Crippen molar-refractivity contribution in [3.05, 3.63) is 62.1 Å². The molecule has 2 N–H and O–H groups in total. The fraction of sp³-hybridized carbons (Fsp3) is 0.381. The SMILES string of the molecule is CCn1c(=O)[nH]c(=O)c2c(C(=O)NCc3ccc(N(C)C)nc3)cc(C(C)C)nc21. The first-order valence-corrected chi connectivity index (χ1v) is 9.81. The molecule has 0 aromatic carbocycles. The zero-order valence-corrected chi connectivity index (χ0v) is 17.8. The number of hydrogen-bond donors (Lipinski definition) is 2. The number of pyridine rings is 2. The van der Waals surface area contributed by atoms with Crippen molar-refractivity contribution in [2.24, 2.45) is 0 Å². The molecular weight excluding hydrogens is 384 g/mol. The number of nitrogens with one attached hydrogen (secondary N) is 2. The van der Waals surface area contributed by atoms with Gasteiger partial charge in [-0.1, -0.05) is 19.9 Å². The highest BCUT2D eigenvalue weighted by molar-refractivity contribution is 6.05. The summed E-state index contributed by atoms with van der Waals surface area (Å²) in [7, 11) is 3.80. The number of anilines is 1. The van der Waals surface area contributed by atoms with E-state index in [2.05, 4.69) is 20.3 Å². The van der Waals surface area contributed by atoms with Crippen molar-refractivity contribution >= 4 is 22.8 Å². The molecule has 0 spiro atoms. The topological polar surface area (TPSA) is 113 Å². The summed E-state index contributed by atoms with van der Waals surface area (Å²) in [4.78, 5) is 50.8. The third-order valence-corrected chi connectivity index (χ3v) is 4.84. The third-order valence-electron chi connectivity index (χ3n) is 4.84. The van der Waals surface area contributed by atoms with Crippen LogP contribution in [0.5, 0.6) is 0 Å². The fourth-order valence-electron chi connectivity index (χ4n) is 3.13. The zero-order valence-electron chi connectivity index (χ0n) is 17.8. The lowest BCUT2D eigenvalue weighted by atomic mass is 10.0. The first-order valence-electron chi connectivity index (χ1n) is 9.81. The van der Waals surface area contributed by atoms with Crippen molar-refractivity contribution in [2.45, 2.75) is 39.8 Å². The standard InChI is InChI=1S/C21H26N6O3/c1-6-27-18-17(20(29)25-21(27)30)14(9-15(24-18)12(2)3)19(28)23-11-13-7-8-16(22-10-13)26(4)5/h7-10,12H,6,11H2,1-5H3,(H,23,28)(H,25,29,30). The van der Waals surface area contributed by atoms with Gasteiger partial charge in [0, 0.05) is 39.1 Å². The monoisotopic (exact) mass is 410 g/mol. The van der Waals surface area contributed by atoms with E-state index in [1.165, 1.54) is 4.57 Å². The largest absolute Gasteiger partial charge is 0.363 e. The molecule has 9 heteroatoms. The Labute approximate surface area is 173 Å². The van der Waals surface area contributed by atoms with E-state index in [0.717, 1.165) is 11.4 Å². The molecule has 30 heavy (non-hydrogen) atoms. The quantitative estimate of drug-likeness (QED) is 0.638. The minimum Gasteiger partial charge on any atom is -0.363 e. The highest BCUT2D eigenvalue weighted by Gasteiger charge is 2.20. The van der Waals surface area contributed by atoms with E-state index < -0.39 is 17.2 Å². The van der Waals surface area contributed by atoms with Gasteiger partial charge in [0.2, 0.25) is 0 Å². The van der Waals surface area contributed by atoms with Gasteiger partial charge >= 0.3 is 5.69 Å². The predicted octanol–water partition coefficient (Wildman–Crippen LogP) is 1.62. The van der Waals surface area contributed by atoms with Crippen molar-refractivity contribution in [1.82, 2.24) is 24.8 Å². The highest BCUT2D eigenvalue weighted by atomic mass is 16.2. The predicted molar refractivity (Wildman–Crippen MR) is 116 cm³/mol. The van der Waals surface area contributed by atoms with E-state index in [4.69, 9.17) is 0 Å². The van der Waals surface area contributed by atoms with Gasteiger partial charge in [0.15, 0.2) is 5.65 Å². The van der Waals surface area contributed by atoms with Gasteiger partial charge in [-0.3, -0.25) is 19.1 Å². The maximum absolute atomic E-state index is 13.0. The van der Waals surface area contributed by atoms with Crippen LogP contribution in [-0.4, -0.2) is 39.5 Å². The van der Waals surface area contributed by atoms with E-state index in [1.54, 1.807) is 19.2 Å². The first kappa shape index (κ1) is 21.2. The van der Waals surface area contributed by atoms with Crippen LogP contribution in [0.1, 0.15) is 48.3 Å². The Balaban J connectivity index is 2.02. The molecule has 158 valence electrons. The summed E-state index contributed by atoms with van der Waals surface area (Å²) >= 11 is 0. The lowest BCUT2D eigenvalue weighted by Crippen LogP contribution is -2.33. The van der Waals surface area contributed by atoms with Gasteiger partial charge in [-0.2, -0.15) is 0 Å². The van der Waals surface area contributed by atoms with E-state index in [9.17, 15) is 14.4 Å². The molecule has 0 fully saturated rings. The van der Waals surface area contributed by atoms with Crippen LogP contribution >= 0.6 is 0 Å². The number of fused-ring (bicyclic) bond motifs is 1. The van der Waals surface area contributed by atoms with Gasteiger partial charge in [-0.25, -0.2) is 14.8 Å². The maximum atomic E-state index is 13.0. The molecule has 3 aromatic rings. The maximum Gasteiger partial charge on any atom is 0.329 e. The Morgan fingerprint density at radius 2 is 2.00 bits per heavy atom. The van der Waals surface area contributed by atoms with Crippen molar-refractivity contribution in [2.75, 3.05) is 19.0 Å². The molecule has 0 radical (unpaired) electrons. The summed E-state index contributed by atoms with van der Waals surface area (Å²) in [5.41, 5.74) is 0.726. The molecule has 0 aliphatic carbocycles. The number of aryl methyl sites for hydroxylation is 1. The molecule has 0 saturated carbocycles. The number of hydrogen-bond acceptors (Lipinski definition) is 6. The average Bonchev–Trinajstić information content (AvgIpc) is 2.71. The molecule has 0 saturated heterocycles. The molecule has 3 aromatic heterocycles. The Hall–Kier alpha value is -3.49. The average molecular weight is 410 g/mol. The lowest BCUT2D eigenvalue weighted by molar-refractivity contribution is 0.0952. The van der Waals surface area contributed by atoms with E-state index in [-0.39, 0.29) is 29.1 Å². The van der Waals surface area contributed by atoms with Gasteiger partial charge in [-0.15, -0.1) is 0 Å². The first-order chi connectivity index (χ1) is 14.2. The van der Waals surface area contributed by atoms with Gasteiger partial charge in [0.25, 0.3) is 11.5 Å². The van der Waals surface area contributed by atoms with Crippen LogP contribution in [-0.2, 0) is 13.1 Å². The highest BCUT2D eigenvalue weighted by Crippen LogP contribution is 2.20. The van der Waals surface area contributed by atoms with Crippen molar-refractivity contribution in [3.63, 3.8) is 0 Å². The molecule has 0 aliphatic rings. The van der Waals surface area contributed by atoms with Crippen LogP contribution in [0.4, 0.5) is 5.82 Å². The van der Waals surface area contributed by atoms with Gasteiger partial charge < -0.3 is 10.2 Å². The number of amides is 1. The Morgan fingerprint density at radius 3 is 2.57 bits per heavy atom. The summed E-state index contributed by atoms with van der Waals surface area (Å²) in [6.07, 6.45) is 1.70. The van der Waals surface area contributed by atoms with Crippen molar-refractivity contribution < 1.29 is 4.79 Å². The Kier molecular flexibility index (Phi) is 6.00. The van der Waals surface area contributed by atoms with Gasteiger partial charge in [0.1, 0.15) is 5.82 Å². The lowest BCUT2D eigenvalue weighted by Gasteiger charge is -2.14. The van der Waals surface area contributed by atoms with Gasteiger partial charge in [0.05, 0.1) is 10.9 Å². The van der Waals surface area contributed by atoms with E-state index in [1.807, 2.05) is 45.0 Å². The molecule has 0 atom stereocenters. The number of H-pyrrole nitrogens is 1. The molecule has 0 aliphatic heterocycles. The molecule has 3 rings (SSSR count). The second kappa shape index (κ2) is 8.48. The second-order valence-electron chi connectivity index (χ2n) is 7.55. The van der Waals surface area contributed by atoms with Crippen LogP contribution in [0.2, 0.25) is 0 Å². The van der Waals surface area contributed by atoms with E-state index in [0.29, 0.717) is 12.2 Å². The van der Waals surface area contributed by atoms with Crippen molar-refractivity contribution in [3.8, 4) is 0 Å². The summed E-state index contributed by atoms with van der Waals surface area (Å²) in [5, 5.41) is 2.95. The number of aromatic amines is 1. The van der Waals surface area contributed by atoms with E-state index >= 15 is 0 Å². The third kappa shape index (κ3) is 4.10. The van der Waals surface area contributed by atoms with Crippen LogP contribution < -0.4 is 21.5 Å². The van der Waals surface area contributed by atoms with Crippen LogP contribution in [0, 0.1) is 0 Å². The second-order valence-corrected chi connectivity index (χ2v) is 7.55. The zero-order chi connectivity index (χ0) is 22.0. The molecule has 1 amide bonds. The minimum absolute atomic E-state index is 0.0171. The van der Waals surface area contributed by atoms with Crippen LogP contribution in [0.15, 0.2) is 34.0 Å². The Morgan fingerprint density at radius 1 is 1.27 bits per heavy atom. The molecule has 0 unspecified atom stereocenters. The number of carbonyl (C=O) groups is 1. The van der Waals surface area contributed by atoms with Crippen LogP contribution in [0.3, 0.4) is 0 Å². The smallest absolute Gasteiger partial charge is 0.329 e. The molecule has 0 bridgehead atoms. The fourth-order valence-corrected chi connectivity index (χ4v) is 3.13. The van der Waals surface area contributed by atoms with Crippen molar-refractivity contribution in [1.29, 1.82) is 0 Å². The summed E-state index contributed by atoms with van der Waals surface area (Å²) in [5.74, 6) is 0.423. The normalized spacial score (nSPS) is 11.1. The minimum atomic E-state index is -0.621. The van der Waals surface area contributed by atoms with Crippen LogP contribution in [0.25, 0.3) is 11.0 Å². The van der Waals surface area contributed by atoms with Gasteiger partial charge in [-0.05, 0) is 30.5 Å². The molecular formula is C21H26N6O3. The molecule has 9 nitrogen and oxygen atoms in total. The Bertz CT molecular complexity index is 1190.